The summed E-state index contributed by atoms with van der Waals surface area (Å²) < 4.78 is 0. The number of amides is 1. The van der Waals surface area contributed by atoms with Gasteiger partial charge in [0.25, 0.3) is 5.91 Å². The lowest BCUT2D eigenvalue weighted by molar-refractivity contribution is -0.144. The number of benzene rings is 1. The number of carboxylic acid groups (broad SMARTS) is 1. The Kier molecular flexibility index (Phi) is 3.65. The number of carbonyl (C=O) groups is 2. The summed E-state index contributed by atoms with van der Waals surface area (Å²) in [6.07, 6.45) is 2.26. The fraction of sp³-hybridized carbons (Fsp3) is 0.429. The topological polar surface area (TPSA) is 57.6 Å². The van der Waals surface area contributed by atoms with E-state index in [2.05, 4.69) is 0 Å². The van der Waals surface area contributed by atoms with Crippen LogP contribution in [-0.4, -0.2) is 34.0 Å². The zero-order valence-corrected chi connectivity index (χ0v) is 10.4. The van der Waals surface area contributed by atoms with Crippen molar-refractivity contribution in [3.05, 3.63) is 35.9 Å². The van der Waals surface area contributed by atoms with Crippen LogP contribution in [0.5, 0.6) is 0 Å². The van der Waals surface area contributed by atoms with Gasteiger partial charge in [-0.1, -0.05) is 18.2 Å². The van der Waals surface area contributed by atoms with Gasteiger partial charge in [-0.3, -0.25) is 4.79 Å². The third kappa shape index (κ3) is 2.37. The number of carboxylic acids is 1. The van der Waals surface area contributed by atoms with Crippen molar-refractivity contribution in [3.8, 4) is 0 Å². The molecule has 1 aliphatic rings. The standard InChI is InChI=1S/C14H17NO3/c1-10-6-5-9-12(14(17)18)15(10)13(16)11-7-3-2-4-8-11/h2-4,7-8,10,12H,5-6,9H2,1H3,(H,17,18). The maximum atomic E-state index is 12.4. The van der Waals surface area contributed by atoms with E-state index < -0.39 is 12.0 Å². The highest BCUT2D eigenvalue weighted by Gasteiger charge is 2.36. The van der Waals surface area contributed by atoms with Crippen molar-refractivity contribution in [2.24, 2.45) is 0 Å². The van der Waals surface area contributed by atoms with E-state index in [-0.39, 0.29) is 11.9 Å². The summed E-state index contributed by atoms with van der Waals surface area (Å²) in [5.41, 5.74) is 0.553. The van der Waals surface area contributed by atoms with Crippen LogP contribution in [0, 0.1) is 0 Å². The van der Waals surface area contributed by atoms with Gasteiger partial charge in [-0.15, -0.1) is 0 Å². The minimum Gasteiger partial charge on any atom is -0.480 e. The lowest BCUT2D eigenvalue weighted by Crippen LogP contribution is -2.52. The maximum Gasteiger partial charge on any atom is 0.326 e. The van der Waals surface area contributed by atoms with Gasteiger partial charge in [0.15, 0.2) is 0 Å². The summed E-state index contributed by atoms with van der Waals surface area (Å²) >= 11 is 0. The van der Waals surface area contributed by atoms with Crippen LogP contribution in [0.15, 0.2) is 30.3 Å². The Labute approximate surface area is 106 Å². The van der Waals surface area contributed by atoms with Crippen molar-refractivity contribution >= 4 is 11.9 Å². The van der Waals surface area contributed by atoms with Crippen molar-refractivity contribution in [2.45, 2.75) is 38.3 Å². The van der Waals surface area contributed by atoms with Gasteiger partial charge >= 0.3 is 5.97 Å². The van der Waals surface area contributed by atoms with E-state index in [0.29, 0.717) is 12.0 Å². The van der Waals surface area contributed by atoms with E-state index in [1.165, 1.54) is 4.90 Å². The predicted octanol–water partition coefficient (Wildman–Crippen LogP) is 2.15. The van der Waals surface area contributed by atoms with Crippen LogP contribution < -0.4 is 0 Å². The van der Waals surface area contributed by atoms with E-state index in [1.54, 1.807) is 24.3 Å². The van der Waals surface area contributed by atoms with E-state index >= 15 is 0 Å². The first kappa shape index (κ1) is 12.6. The molecule has 1 aliphatic heterocycles. The SMILES string of the molecule is CC1CCCC(C(=O)O)N1C(=O)c1ccccc1. The Morgan fingerprint density at radius 3 is 2.50 bits per heavy atom. The quantitative estimate of drug-likeness (QED) is 0.871. The van der Waals surface area contributed by atoms with Gasteiger partial charge in [-0.25, -0.2) is 4.79 Å². The number of carbonyl (C=O) groups excluding carboxylic acids is 1. The summed E-state index contributed by atoms with van der Waals surface area (Å²) in [5, 5.41) is 9.23. The highest BCUT2D eigenvalue weighted by molar-refractivity contribution is 5.96. The minimum atomic E-state index is -0.911. The van der Waals surface area contributed by atoms with E-state index in [0.717, 1.165) is 12.8 Å². The Morgan fingerprint density at radius 2 is 1.89 bits per heavy atom. The molecule has 96 valence electrons. The first-order chi connectivity index (χ1) is 8.61. The summed E-state index contributed by atoms with van der Waals surface area (Å²) in [6, 6.07) is 8.15. The number of rotatable bonds is 2. The fourth-order valence-corrected chi connectivity index (χ4v) is 2.51. The fourth-order valence-electron chi connectivity index (χ4n) is 2.51. The molecule has 0 saturated carbocycles. The van der Waals surface area contributed by atoms with Crippen LogP contribution in [0.1, 0.15) is 36.5 Å². The molecule has 2 unspecified atom stereocenters. The van der Waals surface area contributed by atoms with Crippen LogP contribution in [0.4, 0.5) is 0 Å². The summed E-state index contributed by atoms with van der Waals surface area (Å²) in [6.45, 7) is 1.91. The molecular weight excluding hydrogens is 230 g/mol. The predicted molar refractivity (Wildman–Crippen MR) is 67.3 cm³/mol. The van der Waals surface area contributed by atoms with Gasteiger partial charge in [-0.2, -0.15) is 0 Å². The summed E-state index contributed by atoms with van der Waals surface area (Å²) in [7, 11) is 0. The van der Waals surface area contributed by atoms with Crippen LogP contribution in [0.2, 0.25) is 0 Å². The lowest BCUT2D eigenvalue weighted by atomic mass is 9.95. The van der Waals surface area contributed by atoms with Gasteiger partial charge in [0.1, 0.15) is 6.04 Å². The van der Waals surface area contributed by atoms with Crippen LogP contribution in [0.3, 0.4) is 0 Å². The number of nitrogens with zero attached hydrogens (tertiary/aromatic N) is 1. The monoisotopic (exact) mass is 247 g/mol. The first-order valence-corrected chi connectivity index (χ1v) is 6.22. The Hall–Kier alpha value is -1.84. The average molecular weight is 247 g/mol. The summed E-state index contributed by atoms with van der Waals surface area (Å²) in [5.74, 6) is -1.10. The van der Waals surface area contributed by atoms with Crippen molar-refractivity contribution in [1.82, 2.24) is 4.90 Å². The maximum absolute atomic E-state index is 12.4. The number of likely N-dealkylation sites (tertiary alicyclic amines) is 1. The average Bonchev–Trinajstić information content (AvgIpc) is 2.38. The zero-order valence-electron chi connectivity index (χ0n) is 10.4. The molecule has 1 saturated heterocycles. The number of hydrogen-bond donors (Lipinski definition) is 1. The Balaban J connectivity index is 2.28. The molecule has 1 heterocycles. The molecule has 0 spiro atoms. The molecule has 0 aliphatic carbocycles. The van der Waals surface area contributed by atoms with Gasteiger partial charge in [0.05, 0.1) is 0 Å². The van der Waals surface area contributed by atoms with Crippen LogP contribution in [-0.2, 0) is 4.79 Å². The molecule has 1 aromatic carbocycles. The normalized spacial score (nSPS) is 23.7. The second-order valence-corrected chi connectivity index (χ2v) is 4.71. The third-order valence-electron chi connectivity index (χ3n) is 3.45. The Morgan fingerprint density at radius 1 is 1.22 bits per heavy atom. The second-order valence-electron chi connectivity index (χ2n) is 4.71. The molecule has 18 heavy (non-hydrogen) atoms. The van der Waals surface area contributed by atoms with Gasteiger partial charge in [-0.05, 0) is 38.3 Å². The number of hydrogen-bond acceptors (Lipinski definition) is 2. The number of aliphatic carboxylic acids is 1. The van der Waals surface area contributed by atoms with Crippen LogP contribution >= 0.6 is 0 Å². The van der Waals surface area contributed by atoms with Crippen molar-refractivity contribution in [3.63, 3.8) is 0 Å². The molecule has 0 radical (unpaired) electrons. The van der Waals surface area contributed by atoms with Gasteiger partial charge < -0.3 is 10.0 Å². The van der Waals surface area contributed by atoms with Gasteiger partial charge in [0, 0.05) is 11.6 Å². The zero-order chi connectivity index (χ0) is 13.1. The molecule has 2 atom stereocenters. The highest BCUT2D eigenvalue weighted by Crippen LogP contribution is 2.25. The van der Waals surface area contributed by atoms with Crippen molar-refractivity contribution < 1.29 is 14.7 Å². The van der Waals surface area contributed by atoms with E-state index in [1.807, 2.05) is 13.0 Å². The molecule has 0 aromatic heterocycles. The molecule has 1 N–H and O–H groups in total. The lowest BCUT2D eigenvalue weighted by Gasteiger charge is -2.38. The smallest absolute Gasteiger partial charge is 0.326 e. The molecule has 1 amide bonds. The van der Waals surface area contributed by atoms with Crippen molar-refractivity contribution in [1.29, 1.82) is 0 Å². The molecule has 0 bridgehead atoms. The number of piperidine rings is 1. The molecule has 4 nitrogen and oxygen atoms in total. The van der Waals surface area contributed by atoms with Crippen molar-refractivity contribution in [2.75, 3.05) is 0 Å². The molecule has 2 rings (SSSR count). The molecule has 4 heteroatoms. The van der Waals surface area contributed by atoms with E-state index in [4.69, 9.17) is 0 Å². The van der Waals surface area contributed by atoms with Gasteiger partial charge in [0.2, 0.25) is 0 Å². The largest absolute Gasteiger partial charge is 0.480 e. The highest BCUT2D eigenvalue weighted by atomic mass is 16.4. The first-order valence-electron chi connectivity index (χ1n) is 6.22. The minimum absolute atomic E-state index is 0.0208. The van der Waals surface area contributed by atoms with E-state index in [9.17, 15) is 14.7 Å². The van der Waals surface area contributed by atoms with Crippen LogP contribution in [0.25, 0.3) is 0 Å². The second kappa shape index (κ2) is 5.21. The Bertz CT molecular complexity index is 444. The molecule has 1 fully saturated rings. The summed E-state index contributed by atoms with van der Waals surface area (Å²) in [4.78, 5) is 25.2. The third-order valence-corrected chi connectivity index (χ3v) is 3.45. The molecular formula is C14H17NO3. The molecule has 1 aromatic rings.